The first-order chi connectivity index (χ1) is 10.1. The molecule has 21 heavy (non-hydrogen) atoms. The molecule has 4 nitrogen and oxygen atoms in total. The summed E-state index contributed by atoms with van der Waals surface area (Å²) in [7, 11) is 0. The quantitative estimate of drug-likeness (QED) is 0.314. The van der Waals surface area contributed by atoms with Gasteiger partial charge >= 0.3 is 5.97 Å². The van der Waals surface area contributed by atoms with E-state index < -0.39 is 5.60 Å². The van der Waals surface area contributed by atoms with Gasteiger partial charge in [-0.25, -0.2) is 4.79 Å². The summed E-state index contributed by atoms with van der Waals surface area (Å²) in [5.41, 5.74) is -0.606. The Morgan fingerprint density at radius 1 is 1.19 bits per heavy atom. The van der Waals surface area contributed by atoms with Crippen molar-refractivity contribution in [1.82, 2.24) is 0 Å². The average Bonchev–Trinajstić information content (AvgIpc) is 3.31. The van der Waals surface area contributed by atoms with Gasteiger partial charge in [0, 0.05) is 13.2 Å². The third-order valence-corrected chi connectivity index (χ3v) is 4.19. The number of hydrogen-bond donors (Lipinski definition) is 0. The summed E-state index contributed by atoms with van der Waals surface area (Å²) in [6.07, 6.45) is 9.23. The normalized spacial score (nSPS) is 24.3. The van der Waals surface area contributed by atoms with Gasteiger partial charge in [0.2, 0.25) is 0 Å². The van der Waals surface area contributed by atoms with Crippen LogP contribution in [0.4, 0.5) is 0 Å². The lowest BCUT2D eigenvalue weighted by molar-refractivity contribution is -0.154. The highest BCUT2D eigenvalue weighted by Crippen LogP contribution is 2.35. The van der Waals surface area contributed by atoms with Crippen LogP contribution in [0.3, 0.4) is 0 Å². The maximum atomic E-state index is 11.9. The highest BCUT2D eigenvalue weighted by Gasteiger charge is 2.53. The molecule has 1 atom stereocenters. The lowest BCUT2D eigenvalue weighted by Crippen LogP contribution is -2.29. The van der Waals surface area contributed by atoms with E-state index in [4.69, 9.17) is 14.2 Å². The van der Waals surface area contributed by atoms with Gasteiger partial charge in [-0.15, -0.1) is 0 Å². The monoisotopic (exact) mass is 298 g/mol. The second-order valence-electron chi connectivity index (χ2n) is 6.75. The van der Waals surface area contributed by atoms with Gasteiger partial charge in [-0.1, -0.05) is 25.7 Å². The summed E-state index contributed by atoms with van der Waals surface area (Å²) >= 11 is 0. The lowest BCUT2D eigenvalue weighted by atomic mass is 10.0. The van der Waals surface area contributed by atoms with Gasteiger partial charge in [0.15, 0.2) is 5.60 Å². The molecule has 0 radical (unpaired) electrons. The van der Waals surface area contributed by atoms with Crippen molar-refractivity contribution in [1.29, 1.82) is 0 Å². The van der Waals surface area contributed by atoms with Crippen molar-refractivity contribution >= 4 is 5.97 Å². The number of ether oxygens (including phenoxy) is 3. The fraction of sp³-hybridized carbons (Fsp3) is 0.941. The van der Waals surface area contributed by atoms with Gasteiger partial charge in [0.1, 0.15) is 0 Å². The molecule has 0 bridgehead atoms. The highest BCUT2D eigenvalue weighted by atomic mass is 16.6. The van der Waals surface area contributed by atoms with Crippen LogP contribution in [-0.4, -0.2) is 37.5 Å². The Labute approximate surface area is 128 Å². The first kappa shape index (κ1) is 16.8. The van der Waals surface area contributed by atoms with Crippen LogP contribution in [0.5, 0.6) is 0 Å². The Morgan fingerprint density at radius 3 is 2.52 bits per heavy atom. The van der Waals surface area contributed by atoms with Crippen LogP contribution in [0.2, 0.25) is 0 Å². The first-order valence-electron chi connectivity index (χ1n) is 8.55. The molecule has 0 aromatic rings. The van der Waals surface area contributed by atoms with E-state index >= 15 is 0 Å². The maximum Gasteiger partial charge on any atom is 0.341 e. The van der Waals surface area contributed by atoms with Crippen molar-refractivity contribution in [3.63, 3.8) is 0 Å². The summed E-state index contributed by atoms with van der Waals surface area (Å²) in [4.78, 5) is 11.9. The Morgan fingerprint density at radius 2 is 1.90 bits per heavy atom. The molecule has 2 fully saturated rings. The molecule has 2 aliphatic rings. The van der Waals surface area contributed by atoms with Gasteiger partial charge < -0.3 is 14.2 Å². The summed E-state index contributed by atoms with van der Waals surface area (Å²) in [6, 6.07) is 0. The third-order valence-electron chi connectivity index (χ3n) is 4.19. The molecule has 1 saturated carbocycles. The Kier molecular flexibility index (Phi) is 6.49. The molecule has 1 aliphatic carbocycles. The third kappa shape index (κ3) is 6.35. The number of rotatable bonds is 12. The number of carbonyl (C=O) groups excluding carboxylic acids is 1. The smallest absolute Gasteiger partial charge is 0.341 e. The van der Waals surface area contributed by atoms with E-state index in [1.54, 1.807) is 0 Å². The molecule has 0 aromatic heterocycles. The minimum atomic E-state index is -0.606. The van der Waals surface area contributed by atoms with Crippen LogP contribution in [0.1, 0.15) is 65.2 Å². The summed E-state index contributed by atoms with van der Waals surface area (Å²) in [5.74, 6) is 0.784. The van der Waals surface area contributed by atoms with Crippen LogP contribution >= 0.6 is 0 Å². The number of carbonyl (C=O) groups is 1. The summed E-state index contributed by atoms with van der Waals surface area (Å²) < 4.78 is 16.2. The molecule has 0 amide bonds. The van der Waals surface area contributed by atoms with E-state index in [2.05, 4.69) is 0 Å². The molecule has 1 unspecified atom stereocenters. The average molecular weight is 298 g/mol. The highest BCUT2D eigenvalue weighted by molar-refractivity contribution is 5.82. The molecule has 0 aromatic carbocycles. The second kappa shape index (κ2) is 8.14. The van der Waals surface area contributed by atoms with E-state index in [0.717, 1.165) is 44.8 Å². The SMILES string of the molecule is CC(C)OC(=O)C1(CCCCCCOCCC2CC2)CO1. The van der Waals surface area contributed by atoms with Gasteiger partial charge in [0.25, 0.3) is 0 Å². The molecule has 1 heterocycles. The van der Waals surface area contributed by atoms with Crippen LogP contribution in [-0.2, 0) is 19.0 Å². The number of unbranched alkanes of at least 4 members (excludes halogenated alkanes) is 3. The molecule has 1 saturated heterocycles. The zero-order valence-corrected chi connectivity index (χ0v) is 13.6. The van der Waals surface area contributed by atoms with E-state index in [1.165, 1.54) is 25.7 Å². The lowest BCUT2D eigenvalue weighted by Gasteiger charge is -2.13. The largest absolute Gasteiger partial charge is 0.461 e. The van der Waals surface area contributed by atoms with Gasteiger partial charge in [-0.05, 0) is 45.4 Å². The van der Waals surface area contributed by atoms with Crippen molar-refractivity contribution in [3.8, 4) is 0 Å². The minimum absolute atomic E-state index is 0.0636. The zero-order valence-electron chi connectivity index (χ0n) is 13.6. The molecule has 0 N–H and O–H groups in total. The van der Waals surface area contributed by atoms with E-state index in [0.29, 0.717) is 6.61 Å². The molecule has 0 spiro atoms. The van der Waals surface area contributed by atoms with Crippen LogP contribution < -0.4 is 0 Å². The Balaban J connectivity index is 1.41. The van der Waals surface area contributed by atoms with Crippen molar-refractivity contribution < 1.29 is 19.0 Å². The summed E-state index contributed by atoms with van der Waals surface area (Å²) in [6.45, 7) is 6.09. The van der Waals surface area contributed by atoms with E-state index in [-0.39, 0.29) is 12.1 Å². The molecular formula is C17H30O4. The van der Waals surface area contributed by atoms with Crippen molar-refractivity contribution in [2.75, 3.05) is 19.8 Å². The predicted octanol–water partition coefficient (Wildman–Crippen LogP) is 3.47. The molecule has 122 valence electrons. The van der Waals surface area contributed by atoms with Gasteiger partial charge in [-0.3, -0.25) is 0 Å². The van der Waals surface area contributed by atoms with Gasteiger partial charge in [0.05, 0.1) is 12.7 Å². The van der Waals surface area contributed by atoms with Crippen LogP contribution in [0.25, 0.3) is 0 Å². The number of esters is 1. The van der Waals surface area contributed by atoms with Crippen molar-refractivity contribution in [3.05, 3.63) is 0 Å². The Hall–Kier alpha value is -0.610. The van der Waals surface area contributed by atoms with E-state index in [9.17, 15) is 4.79 Å². The first-order valence-corrected chi connectivity index (χ1v) is 8.55. The predicted molar refractivity (Wildman–Crippen MR) is 81.2 cm³/mol. The standard InChI is InChI=1S/C17H30O4/c1-14(2)21-16(18)17(13-20-17)10-5-3-4-6-11-19-12-9-15-7-8-15/h14-15H,3-13H2,1-2H3. The van der Waals surface area contributed by atoms with Crippen LogP contribution in [0.15, 0.2) is 0 Å². The summed E-state index contributed by atoms with van der Waals surface area (Å²) in [5, 5.41) is 0. The topological polar surface area (TPSA) is 48.1 Å². The Bertz CT molecular complexity index is 319. The number of hydrogen-bond acceptors (Lipinski definition) is 4. The van der Waals surface area contributed by atoms with Crippen LogP contribution in [0, 0.1) is 5.92 Å². The second-order valence-corrected chi connectivity index (χ2v) is 6.75. The van der Waals surface area contributed by atoms with Crippen molar-refractivity contribution in [2.45, 2.75) is 76.9 Å². The fourth-order valence-corrected chi connectivity index (χ4v) is 2.50. The molecule has 4 heteroatoms. The molecule has 2 rings (SSSR count). The number of epoxide rings is 1. The molecule has 1 aliphatic heterocycles. The molecular weight excluding hydrogens is 268 g/mol. The van der Waals surface area contributed by atoms with E-state index in [1.807, 2.05) is 13.8 Å². The minimum Gasteiger partial charge on any atom is -0.461 e. The maximum absolute atomic E-state index is 11.9. The van der Waals surface area contributed by atoms with Gasteiger partial charge in [-0.2, -0.15) is 0 Å². The van der Waals surface area contributed by atoms with Crippen molar-refractivity contribution in [2.24, 2.45) is 5.92 Å². The fourth-order valence-electron chi connectivity index (χ4n) is 2.50. The zero-order chi connectivity index (χ0) is 15.1.